The Hall–Kier alpha value is -2.11. The highest BCUT2D eigenvalue weighted by Gasteiger charge is 2.26. The van der Waals surface area contributed by atoms with E-state index in [9.17, 15) is 14.4 Å². The van der Waals surface area contributed by atoms with Crippen LogP contribution in [0.2, 0.25) is 0 Å². The standard InChI is InChI=1S/C19H27N5O4S2/c1-3-9-24-18(27)22-23-19(24)29-11-14(25)21-17-15(16(26)20-8-10-28-2)12-6-4-5-7-13(12)30-17/h3-11H2,1-2H3,(H,20,26)(H,21,25)(H,22,27). The normalized spacial score (nSPS) is 13.1. The largest absolute Gasteiger partial charge is 0.383 e. The van der Waals surface area contributed by atoms with Crippen molar-refractivity contribution in [3.05, 3.63) is 26.5 Å². The molecule has 2 heterocycles. The summed E-state index contributed by atoms with van der Waals surface area (Å²) in [6, 6.07) is 0. The van der Waals surface area contributed by atoms with Crippen LogP contribution in [0.15, 0.2) is 9.95 Å². The number of carbonyl (C=O) groups is 2. The third-order valence-corrected chi connectivity index (χ3v) is 6.93. The van der Waals surface area contributed by atoms with Crippen LogP contribution in [0.5, 0.6) is 0 Å². The summed E-state index contributed by atoms with van der Waals surface area (Å²) in [6.07, 6.45) is 4.70. The molecular weight excluding hydrogens is 426 g/mol. The molecule has 0 unspecified atom stereocenters. The number of hydrogen-bond donors (Lipinski definition) is 3. The number of carbonyl (C=O) groups excluding carboxylic acids is 2. The van der Waals surface area contributed by atoms with Gasteiger partial charge in [-0.3, -0.25) is 14.2 Å². The van der Waals surface area contributed by atoms with Gasteiger partial charge in [-0.05, 0) is 37.7 Å². The average Bonchev–Trinajstić information content (AvgIpc) is 3.27. The lowest BCUT2D eigenvalue weighted by molar-refractivity contribution is -0.113. The Kier molecular flexibility index (Phi) is 8.11. The van der Waals surface area contributed by atoms with Gasteiger partial charge in [0.1, 0.15) is 5.00 Å². The molecule has 1 aliphatic rings. The van der Waals surface area contributed by atoms with Gasteiger partial charge in [-0.2, -0.15) is 0 Å². The van der Waals surface area contributed by atoms with Crippen LogP contribution in [0.3, 0.4) is 0 Å². The van der Waals surface area contributed by atoms with Gasteiger partial charge in [-0.1, -0.05) is 18.7 Å². The number of nitrogens with one attached hydrogen (secondary N) is 3. The topological polar surface area (TPSA) is 118 Å². The summed E-state index contributed by atoms with van der Waals surface area (Å²) in [5.74, 6) is -0.317. The van der Waals surface area contributed by atoms with E-state index in [0.29, 0.717) is 35.4 Å². The van der Waals surface area contributed by atoms with Crippen LogP contribution in [-0.4, -0.2) is 52.6 Å². The van der Waals surface area contributed by atoms with Crippen molar-refractivity contribution in [2.24, 2.45) is 0 Å². The van der Waals surface area contributed by atoms with E-state index in [0.717, 1.165) is 37.7 Å². The van der Waals surface area contributed by atoms with Gasteiger partial charge in [-0.15, -0.1) is 16.4 Å². The molecule has 0 aliphatic heterocycles. The van der Waals surface area contributed by atoms with E-state index >= 15 is 0 Å². The van der Waals surface area contributed by atoms with Crippen molar-refractivity contribution in [1.29, 1.82) is 0 Å². The van der Waals surface area contributed by atoms with Gasteiger partial charge in [-0.25, -0.2) is 9.89 Å². The fourth-order valence-corrected chi connectivity index (χ4v) is 5.45. The second kappa shape index (κ2) is 10.8. The number of aryl methyl sites for hydroxylation is 1. The number of fused-ring (bicyclic) bond motifs is 1. The van der Waals surface area contributed by atoms with Gasteiger partial charge in [0.25, 0.3) is 5.91 Å². The van der Waals surface area contributed by atoms with Gasteiger partial charge in [0.15, 0.2) is 5.16 Å². The molecule has 3 rings (SSSR count). The number of aromatic amines is 1. The molecule has 2 aromatic heterocycles. The Morgan fingerprint density at radius 1 is 1.33 bits per heavy atom. The molecule has 0 radical (unpaired) electrons. The van der Waals surface area contributed by atoms with Crippen LogP contribution >= 0.6 is 23.1 Å². The van der Waals surface area contributed by atoms with Crippen molar-refractivity contribution in [3.63, 3.8) is 0 Å². The van der Waals surface area contributed by atoms with E-state index in [4.69, 9.17) is 4.74 Å². The molecule has 1 aliphatic carbocycles. The monoisotopic (exact) mass is 453 g/mol. The first-order chi connectivity index (χ1) is 14.5. The Morgan fingerprint density at radius 3 is 2.90 bits per heavy atom. The fourth-order valence-electron chi connectivity index (χ4n) is 3.38. The van der Waals surface area contributed by atoms with Gasteiger partial charge >= 0.3 is 5.69 Å². The van der Waals surface area contributed by atoms with Crippen molar-refractivity contribution in [3.8, 4) is 0 Å². The summed E-state index contributed by atoms with van der Waals surface area (Å²) < 4.78 is 6.53. The highest BCUT2D eigenvalue weighted by molar-refractivity contribution is 7.99. The molecule has 30 heavy (non-hydrogen) atoms. The van der Waals surface area contributed by atoms with Crippen LogP contribution in [0.4, 0.5) is 5.00 Å². The van der Waals surface area contributed by atoms with E-state index in [-0.39, 0.29) is 23.3 Å². The highest BCUT2D eigenvalue weighted by Crippen LogP contribution is 2.38. The first-order valence-electron chi connectivity index (χ1n) is 10.0. The third-order valence-electron chi connectivity index (χ3n) is 4.75. The predicted molar refractivity (Wildman–Crippen MR) is 118 cm³/mol. The van der Waals surface area contributed by atoms with Gasteiger partial charge < -0.3 is 15.4 Å². The van der Waals surface area contributed by atoms with E-state index in [2.05, 4.69) is 20.8 Å². The number of ether oxygens (including phenoxy) is 1. The summed E-state index contributed by atoms with van der Waals surface area (Å²) >= 11 is 2.68. The Balaban J connectivity index is 1.71. The van der Waals surface area contributed by atoms with Crippen molar-refractivity contribution < 1.29 is 14.3 Å². The number of aromatic nitrogens is 3. The number of anilines is 1. The smallest absolute Gasteiger partial charge is 0.343 e. The first-order valence-corrected chi connectivity index (χ1v) is 11.8. The van der Waals surface area contributed by atoms with E-state index in [1.807, 2.05) is 6.92 Å². The summed E-state index contributed by atoms with van der Waals surface area (Å²) in [5, 5.41) is 13.3. The molecule has 0 fully saturated rings. The summed E-state index contributed by atoms with van der Waals surface area (Å²) in [7, 11) is 1.58. The number of thioether (sulfide) groups is 1. The molecule has 0 bridgehead atoms. The zero-order chi connectivity index (χ0) is 21.5. The van der Waals surface area contributed by atoms with Crippen molar-refractivity contribution >= 4 is 39.9 Å². The van der Waals surface area contributed by atoms with E-state index in [1.165, 1.54) is 32.5 Å². The number of methoxy groups -OCH3 is 1. The molecule has 0 aromatic carbocycles. The van der Waals surface area contributed by atoms with Crippen LogP contribution in [0.1, 0.15) is 47.0 Å². The summed E-state index contributed by atoms with van der Waals surface area (Å²) in [4.78, 5) is 38.3. The Labute approximate surface area is 183 Å². The molecule has 0 saturated heterocycles. The molecule has 11 heteroatoms. The summed E-state index contributed by atoms with van der Waals surface area (Å²) in [6.45, 7) is 3.36. The maximum Gasteiger partial charge on any atom is 0.343 e. The fraction of sp³-hybridized carbons (Fsp3) is 0.579. The van der Waals surface area contributed by atoms with E-state index in [1.54, 1.807) is 7.11 Å². The molecule has 2 aromatic rings. The van der Waals surface area contributed by atoms with Crippen molar-refractivity contribution in [1.82, 2.24) is 20.1 Å². The molecule has 2 amide bonds. The number of nitrogens with zero attached hydrogens (tertiary/aromatic N) is 2. The molecular formula is C19H27N5O4S2. The number of hydrogen-bond acceptors (Lipinski definition) is 7. The van der Waals surface area contributed by atoms with Crippen LogP contribution in [-0.2, 0) is 28.9 Å². The van der Waals surface area contributed by atoms with Gasteiger partial charge in [0.2, 0.25) is 5.91 Å². The number of thiophene rings is 1. The highest BCUT2D eigenvalue weighted by atomic mass is 32.2. The minimum atomic E-state index is -0.277. The number of amides is 2. The zero-order valence-electron chi connectivity index (χ0n) is 17.2. The quantitative estimate of drug-likeness (QED) is 0.374. The molecule has 0 spiro atoms. The predicted octanol–water partition coefficient (Wildman–Crippen LogP) is 2.03. The lowest BCUT2D eigenvalue weighted by atomic mass is 9.95. The minimum Gasteiger partial charge on any atom is -0.383 e. The second-order valence-corrected chi connectivity index (χ2v) is 9.01. The SMILES string of the molecule is CCCn1c(SCC(=O)Nc2sc3c(c2C(=O)NCCOC)CCCC3)n[nH]c1=O. The number of rotatable bonds is 10. The van der Waals surface area contributed by atoms with Crippen LogP contribution < -0.4 is 16.3 Å². The van der Waals surface area contributed by atoms with Gasteiger partial charge in [0.05, 0.1) is 17.9 Å². The number of H-pyrrole nitrogens is 1. The van der Waals surface area contributed by atoms with E-state index < -0.39 is 0 Å². The molecule has 9 nitrogen and oxygen atoms in total. The average molecular weight is 454 g/mol. The lowest BCUT2D eigenvalue weighted by Gasteiger charge is -2.13. The van der Waals surface area contributed by atoms with Crippen LogP contribution in [0, 0.1) is 0 Å². The maximum absolute atomic E-state index is 12.8. The molecule has 3 N–H and O–H groups in total. The zero-order valence-corrected chi connectivity index (χ0v) is 18.8. The third kappa shape index (κ3) is 5.32. The Bertz CT molecular complexity index is 949. The first kappa shape index (κ1) is 22.6. The van der Waals surface area contributed by atoms with Crippen molar-refractivity contribution in [2.75, 3.05) is 31.3 Å². The van der Waals surface area contributed by atoms with Crippen molar-refractivity contribution in [2.45, 2.75) is 50.7 Å². The van der Waals surface area contributed by atoms with Crippen LogP contribution in [0.25, 0.3) is 0 Å². The molecule has 0 atom stereocenters. The minimum absolute atomic E-state index is 0.0985. The Morgan fingerprint density at radius 2 is 2.13 bits per heavy atom. The lowest BCUT2D eigenvalue weighted by Crippen LogP contribution is -2.29. The van der Waals surface area contributed by atoms with Gasteiger partial charge in [0, 0.05) is 25.1 Å². The molecule has 164 valence electrons. The summed E-state index contributed by atoms with van der Waals surface area (Å²) in [5.41, 5.74) is 1.35. The molecule has 0 saturated carbocycles. The second-order valence-electron chi connectivity index (χ2n) is 6.96. The maximum atomic E-state index is 12.8.